The van der Waals surface area contributed by atoms with E-state index in [0.717, 1.165) is 0 Å². The van der Waals surface area contributed by atoms with Gasteiger partial charge in [-0.25, -0.2) is 0 Å². The number of hydrogen-bond donors (Lipinski definition) is 0. The van der Waals surface area contributed by atoms with Gasteiger partial charge in [0.25, 0.3) is 0 Å². The van der Waals surface area contributed by atoms with Crippen molar-refractivity contribution in [3.05, 3.63) is 11.1 Å². The second kappa shape index (κ2) is 1.73. The topological polar surface area (TPSA) is 0 Å². The van der Waals surface area contributed by atoms with Crippen LogP contribution in [-0.2, 0) is 0 Å². The largest absolute Gasteiger partial charge is 0.0738 e. The molecule has 1 saturated carbocycles. The highest BCUT2D eigenvalue weighted by molar-refractivity contribution is 5.34. The van der Waals surface area contributed by atoms with E-state index in [1.54, 1.807) is 11.1 Å². The fourth-order valence-corrected chi connectivity index (χ4v) is 2.81. The Hall–Kier alpha value is -0.260. The third kappa shape index (κ3) is 0.706. The van der Waals surface area contributed by atoms with Crippen LogP contribution in [0.3, 0.4) is 0 Å². The van der Waals surface area contributed by atoms with Crippen LogP contribution in [0.15, 0.2) is 11.1 Å². The molecule has 11 heavy (non-hydrogen) atoms. The third-order valence-electron chi connectivity index (χ3n) is 4.47. The molecule has 0 aromatic carbocycles. The van der Waals surface area contributed by atoms with E-state index < -0.39 is 0 Å². The van der Waals surface area contributed by atoms with Gasteiger partial charge in [-0.15, -0.1) is 0 Å². The van der Waals surface area contributed by atoms with Crippen molar-refractivity contribution in [1.82, 2.24) is 0 Å². The molecular formula is C11H18. The summed E-state index contributed by atoms with van der Waals surface area (Å²) in [5.41, 5.74) is 4.61. The van der Waals surface area contributed by atoms with Crippen LogP contribution in [0, 0.1) is 10.8 Å². The number of fused-ring (bicyclic) bond motifs is 1. The zero-order valence-corrected chi connectivity index (χ0v) is 8.12. The number of allylic oxidation sites excluding steroid dienone is 2. The molecule has 0 nitrogen and oxygen atoms in total. The van der Waals surface area contributed by atoms with Crippen molar-refractivity contribution in [3.63, 3.8) is 0 Å². The lowest BCUT2D eigenvalue weighted by atomic mass is 9.78. The van der Waals surface area contributed by atoms with Crippen molar-refractivity contribution >= 4 is 0 Å². The quantitative estimate of drug-likeness (QED) is 0.463. The summed E-state index contributed by atoms with van der Waals surface area (Å²) in [7, 11) is 0. The van der Waals surface area contributed by atoms with Gasteiger partial charge in [-0.3, -0.25) is 0 Å². The summed E-state index contributed by atoms with van der Waals surface area (Å²) in [6.45, 7) is 9.52. The minimum Gasteiger partial charge on any atom is -0.0738 e. The minimum absolute atomic E-state index is 0.593. The Bertz CT molecular complexity index is 232. The van der Waals surface area contributed by atoms with E-state index in [1.807, 2.05) is 0 Å². The molecule has 2 aliphatic carbocycles. The van der Waals surface area contributed by atoms with Crippen molar-refractivity contribution in [2.75, 3.05) is 0 Å². The maximum atomic E-state index is 2.45. The predicted octanol–water partition coefficient (Wildman–Crippen LogP) is 3.53. The maximum absolute atomic E-state index is 2.45. The van der Waals surface area contributed by atoms with Crippen molar-refractivity contribution < 1.29 is 0 Å². The first-order chi connectivity index (χ1) is 5.00. The molecule has 1 fully saturated rings. The summed E-state index contributed by atoms with van der Waals surface area (Å²) in [4.78, 5) is 0. The summed E-state index contributed by atoms with van der Waals surface area (Å²) in [6.07, 6.45) is 4.20. The Morgan fingerprint density at radius 1 is 1.18 bits per heavy atom. The van der Waals surface area contributed by atoms with Crippen LogP contribution >= 0.6 is 0 Å². The number of rotatable bonds is 0. The summed E-state index contributed by atoms with van der Waals surface area (Å²) in [6, 6.07) is 0. The van der Waals surface area contributed by atoms with Crippen LogP contribution < -0.4 is 0 Å². The van der Waals surface area contributed by atoms with E-state index in [2.05, 4.69) is 27.7 Å². The first kappa shape index (κ1) is 7.39. The molecule has 2 atom stereocenters. The Labute approximate surface area is 69.7 Å². The van der Waals surface area contributed by atoms with Crippen molar-refractivity contribution in [3.8, 4) is 0 Å². The molecule has 0 aliphatic heterocycles. The molecule has 62 valence electrons. The van der Waals surface area contributed by atoms with Crippen LogP contribution in [0.4, 0.5) is 0 Å². The molecule has 0 heterocycles. The normalized spacial score (nSPS) is 49.1. The summed E-state index contributed by atoms with van der Waals surface area (Å²) >= 11 is 0. The van der Waals surface area contributed by atoms with Gasteiger partial charge in [0.2, 0.25) is 0 Å². The average Bonchev–Trinajstić information content (AvgIpc) is 2.50. The first-order valence-corrected chi connectivity index (χ1v) is 4.66. The molecule has 2 unspecified atom stereocenters. The fraction of sp³-hybridized carbons (Fsp3) is 0.818. The zero-order valence-electron chi connectivity index (χ0n) is 8.12. The molecule has 0 aromatic rings. The molecule has 2 aliphatic rings. The van der Waals surface area contributed by atoms with Crippen LogP contribution in [0.5, 0.6) is 0 Å². The monoisotopic (exact) mass is 150 g/mol. The Morgan fingerprint density at radius 3 is 2.36 bits per heavy atom. The molecule has 0 heteroatoms. The molecule has 0 N–H and O–H groups in total. The van der Waals surface area contributed by atoms with Crippen LogP contribution in [-0.4, -0.2) is 0 Å². The van der Waals surface area contributed by atoms with Crippen molar-refractivity contribution in [1.29, 1.82) is 0 Å². The van der Waals surface area contributed by atoms with E-state index in [1.165, 1.54) is 19.3 Å². The summed E-state index contributed by atoms with van der Waals surface area (Å²) in [5.74, 6) is 0. The SMILES string of the molecule is CC1=C(C)C2(C)CC2(C)CC1. The van der Waals surface area contributed by atoms with E-state index in [4.69, 9.17) is 0 Å². The first-order valence-electron chi connectivity index (χ1n) is 4.66. The molecule has 2 rings (SSSR count). The Balaban J connectivity index is 2.41. The molecule has 0 bridgehead atoms. The Morgan fingerprint density at radius 2 is 1.82 bits per heavy atom. The molecule has 0 amide bonds. The van der Waals surface area contributed by atoms with Gasteiger partial charge in [-0.05, 0) is 43.9 Å². The van der Waals surface area contributed by atoms with Gasteiger partial charge in [-0.1, -0.05) is 25.0 Å². The summed E-state index contributed by atoms with van der Waals surface area (Å²) < 4.78 is 0. The molecular weight excluding hydrogens is 132 g/mol. The van der Waals surface area contributed by atoms with E-state index >= 15 is 0 Å². The van der Waals surface area contributed by atoms with Gasteiger partial charge in [0, 0.05) is 0 Å². The molecule has 0 aromatic heterocycles. The van der Waals surface area contributed by atoms with Gasteiger partial charge in [0.15, 0.2) is 0 Å². The van der Waals surface area contributed by atoms with Gasteiger partial charge >= 0.3 is 0 Å². The molecule has 0 saturated heterocycles. The van der Waals surface area contributed by atoms with Crippen molar-refractivity contribution in [2.24, 2.45) is 10.8 Å². The van der Waals surface area contributed by atoms with Crippen LogP contribution in [0.2, 0.25) is 0 Å². The average molecular weight is 150 g/mol. The highest BCUT2D eigenvalue weighted by atomic mass is 14.7. The second-order valence-corrected chi connectivity index (χ2v) is 4.97. The highest BCUT2D eigenvalue weighted by Crippen LogP contribution is 2.72. The van der Waals surface area contributed by atoms with Crippen molar-refractivity contribution in [2.45, 2.75) is 47.0 Å². The van der Waals surface area contributed by atoms with E-state index in [0.29, 0.717) is 10.8 Å². The van der Waals surface area contributed by atoms with E-state index in [-0.39, 0.29) is 0 Å². The Kier molecular flexibility index (Phi) is 1.16. The van der Waals surface area contributed by atoms with Gasteiger partial charge < -0.3 is 0 Å². The van der Waals surface area contributed by atoms with Gasteiger partial charge in [0.05, 0.1) is 0 Å². The lowest BCUT2D eigenvalue weighted by Gasteiger charge is -2.27. The van der Waals surface area contributed by atoms with Gasteiger partial charge in [0.1, 0.15) is 0 Å². The standard InChI is InChI=1S/C11H18/c1-8-5-6-10(3)7-11(10,4)9(8)2/h5-7H2,1-4H3. The summed E-state index contributed by atoms with van der Waals surface area (Å²) in [5, 5.41) is 0. The number of hydrogen-bond acceptors (Lipinski definition) is 0. The second-order valence-electron chi connectivity index (χ2n) is 4.97. The highest BCUT2D eigenvalue weighted by Gasteiger charge is 2.62. The molecule has 0 spiro atoms. The molecule has 0 radical (unpaired) electrons. The van der Waals surface area contributed by atoms with Crippen LogP contribution in [0.25, 0.3) is 0 Å². The maximum Gasteiger partial charge on any atom is -0.00569 e. The van der Waals surface area contributed by atoms with E-state index in [9.17, 15) is 0 Å². The minimum atomic E-state index is 0.593. The lowest BCUT2D eigenvalue weighted by Crippen LogP contribution is -2.15. The van der Waals surface area contributed by atoms with Gasteiger partial charge in [-0.2, -0.15) is 0 Å². The predicted molar refractivity (Wildman–Crippen MR) is 48.4 cm³/mol. The fourth-order valence-electron chi connectivity index (χ4n) is 2.81. The smallest absolute Gasteiger partial charge is 0.00569 e. The third-order valence-corrected chi connectivity index (χ3v) is 4.47. The lowest BCUT2D eigenvalue weighted by molar-refractivity contribution is 0.380. The van der Waals surface area contributed by atoms with Crippen LogP contribution in [0.1, 0.15) is 47.0 Å². The zero-order chi connectivity index (χ0) is 8.28.